The molecule has 16 aromatic rings. The average molecular weight is 2160 g/mol. The number of likely N-dealkylation sites (tertiary alicyclic amines) is 1. The molecule has 26 nitrogen and oxygen atoms in total. The van der Waals surface area contributed by atoms with Crippen LogP contribution in [0.5, 0.6) is 0 Å². The summed E-state index contributed by atoms with van der Waals surface area (Å²) in [6, 6.07) is 98.6. The maximum absolute atomic E-state index is 13.1. The zero-order valence-electron chi connectivity index (χ0n) is 87.0. The third-order valence-corrected chi connectivity index (χ3v) is 27.6. The standard InChI is InChI=1S/C34H40N4O4.C29H32N4O2.C29H31N3O5.C28H31N3O.2BrH.ClH/c1-23-10-14-25(15-11-23)18-28(22-41-31(39)27-20-36(21-27)33(40)42-34(3,4)5)38-30-9-7-6-8-29(30)37(32(38)35)19-26-16-12-24(2)13-17-26;1-20-7-11-22(12-8-20)15-25(19-35-28(34)24-16-31-17-24)33-27-6-4-3-5-26(27)32(29(33)30)18-23-13-9-21(2)10-14-23;1-20-9-13-22(14-10-20)17-24(19-37-29(34)36-4)32-26-8-6-5-7-25(26)31(27(32)30-28(33)35-3)18-23-15-11-21(2)12-16-23;1-19-7-11-21(12-8-19)17-24(18-32)30-25-5-3-4-6-26(25)31(28(30)29)27(23-15-16-23)22-13-9-20(2)10-14-22;;;/h6-17,27-28,35H,18-22H2,1-5H3;3-14,24-25,30-31H,15-19H2,1-2H3;5-16,24H,17-19H2,1-4H3;3-14,23-24,27,29,32H,15-18H2,1-2H3;3*1H/t28-;25-;24-;24-,27?;;;/m0000.../s1. The van der Waals surface area contributed by atoms with Gasteiger partial charge in [-0.25, -0.2) is 14.4 Å². The molecular weight excluding hydrogens is 2020 g/mol. The molecule has 0 spiro atoms. The number of nitrogens with zero attached hydrogens (tertiary/aromatic N) is 10. The lowest BCUT2D eigenvalue weighted by molar-refractivity contribution is -0.717. The molecule has 0 bridgehead atoms. The van der Waals surface area contributed by atoms with Crippen molar-refractivity contribution in [3.05, 3.63) is 403 Å². The second kappa shape index (κ2) is 51.2. The molecule has 3 aliphatic rings. The lowest BCUT2D eigenvalue weighted by Crippen LogP contribution is -3.00. The van der Waals surface area contributed by atoms with Crippen molar-refractivity contribution >= 4 is 108 Å². The van der Waals surface area contributed by atoms with Crippen molar-refractivity contribution in [3.63, 3.8) is 0 Å². The number of rotatable bonds is 30. The molecule has 12 aromatic carbocycles. The van der Waals surface area contributed by atoms with Crippen molar-refractivity contribution in [2.45, 2.75) is 170 Å². The Morgan fingerprint density at radius 2 is 0.678 bits per heavy atom. The number of nitrogens with two attached hydrogens (primary N) is 1. The summed E-state index contributed by atoms with van der Waals surface area (Å²) in [5.74, 6) is -0.314. The SMILES string of the molecule is Br.Br.COC(=O)N=c1n(Cc2ccc(C)cc2)c2ccccc2n1[C@H](COC(=O)OC)Cc1ccc(C)cc1.Cc1ccc(C[C@@H](CO)n2c(=N)n(C(c3ccc(C)cc3)C3CC3)c3ccccc32)cc1.Cc1ccc(C[C@@H](COC(=O)C2CN(C(=O)OC(C)(C)C)C2)n2c(=N)n(Cc3ccc(C)cc3)c3ccccc32)cc1.Cc1ccc(C[C@@H](COC(=O)C2C[NH2+]C2)n2c(=N)n(Cc3ccc(C)cc3)c3ccccc32)cc1.[Cl-]. The van der Waals surface area contributed by atoms with E-state index in [1.807, 2.05) is 158 Å². The lowest BCUT2D eigenvalue weighted by Gasteiger charge is -2.38. The van der Waals surface area contributed by atoms with Gasteiger partial charge in [-0.3, -0.25) is 25.8 Å². The smallest absolute Gasteiger partial charge is 0.508 e. The second-order valence-electron chi connectivity index (χ2n) is 40.2. The predicted molar refractivity (Wildman–Crippen MR) is 588 cm³/mol. The van der Waals surface area contributed by atoms with Crippen LogP contribution in [0.4, 0.5) is 14.4 Å². The van der Waals surface area contributed by atoms with E-state index in [9.17, 15) is 45.3 Å². The molecular formula is C120H137Br2ClN14O12. The maximum atomic E-state index is 13.1. The van der Waals surface area contributed by atoms with Crippen LogP contribution < -0.4 is 40.2 Å². The number of aliphatic hydroxyl groups is 1. The quantitative estimate of drug-likeness (QED) is 0.0207. The van der Waals surface area contributed by atoms with Gasteiger partial charge in [0.2, 0.25) is 22.5 Å². The van der Waals surface area contributed by atoms with Crippen LogP contribution in [0.3, 0.4) is 0 Å². The number of hydrogen-bond donors (Lipinski definition) is 5. The molecule has 2 aliphatic heterocycles. The van der Waals surface area contributed by atoms with Gasteiger partial charge < -0.3 is 92.7 Å². The number of imidazole rings is 4. The fourth-order valence-electron chi connectivity index (χ4n) is 19.2. The number of amides is 2. The summed E-state index contributed by atoms with van der Waals surface area (Å²) in [5.41, 5.74) is 27.4. The van der Waals surface area contributed by atoms with Crippen LogP contribution in [0.1, 0.15) is 153 Å². The van der Waals surface area contributed by atoms with E-state index in [0.717, 1.165) is 102 Å². The minimum Gasteiger partial charge on any atom is -1.00 e. The highest BCUT2D eigenvalue weighted by Gasteiger charge is 2.41. The molecule has 6 N–H and O–H groups in total. The van der Waals surface area contributed by atoms with Crippen molar-refractivity contribution in [1.82, 2.24) is 41.4 Å². The number of nitrogens with one attached hydrogen (secondary N) is 3. The third kappa shape index (κ3) is 27.9. The van der Waals surface area contributed by atoms with E-state index in [4.69, 9.17) is 28.4 Å². The van der Waals surface area contributed by atoms with Crippen molar-refractivity contribution < 1.29 is 75.2 Å². The molecule has 4 aromatic heterocycles. The number of fused-ring (bicyclic) bond motifs is 4. The molecule has 780 valence electrons. The Morgan fingerprint density at radius 1 is 0.376 bits per heavy atom. The Bertz CT molecular complexity index is 7540. The summed E-state index contributed by atoms with van der Waals surface area (Å²) in [6.07, 6.45) is 2.98. The van der Waals surface area contributed by atoms with E-state index in [-0.39, 0.29) is 140 Å². The molecule has 1 aliphatic carbocycles. The molecule has 29 heteroatoms. The highest BCUT2D eigenvalue weighted by molar-refractivity contribution is 8.93. The van der Waals surface area contributed by atoms with Crippen LogP contribution in [0.2, 0.25) is 0 Å². The van der Waals surface area contributed by atoms with E-state index in [1.165, 1.54) is 76.5 Å². The number of ether oxygens (including phenoxy) is 6. The predicted octanol–water partition coefficient (Wildman–Crippen LogP) is 17.7. The first-order valence-corrected chi connectivity index (χ1v) is 50.4. The number of quaternary nitrogens is 1. The van der Waals surface area contributed by atoms with Gasteiger partial charge in [-0.15, -0.1) is 39.0 Å². The van der Waals surface area contributed by atoms with Crippen LogP contribution >= 0.6 is 34.0 Å². The number of hydrogen-bond acceptors (Lipinski definition) is 15. The first kappa shape index (κ1) is 112. The molecule has 6 heterocycles. The molecule has 2 saturated heterocycles. The highest BCUT2D eigenvalue weighted by Crippen LogP contribution is 2.45. The number of aryl methyl sites for hydroxylation is 8. The van der Waals surface area contributed by atoms with Gasteiger partial charge in [0.05, 0.1) is 134 Å². The van der Waals surface area contributed by atoms with Crippen molar-refractivity contribution in [3.8, 4) is 0 Å². The number of methoxy groups -OCH3 is 2. The normalized spacial score (nSPS) is 13.9. The number of carbonyl (C=O) groups excluding carboxylic acids is 5. The van der Waals surface area contributed by atoms with Crippen molar-refractivity contribution in [1.29, 1.82) is 16.2 Å². The van der Waals surface area contributed by atoms with Crippen molar-refractivity contribution in [2.24, 2.45) is 22.7 Å². The van der Waals surface area contributed by atoms with Gasteiger partial charge in [-0.2, -0.15) is 0 Å². The number of esters is 2. The molecule has 149 heavy (non-hydrogen) atoms. The van der Waals surface area contributed by atoms with Crippen LogP contribution in [0.25, 0.3) is 44.1 Å². The summed E-state index contributed by atoms with van der Waals surface area (Å²) in [7, 11) is 2.57. The first-order chi connectivity index (χ1) is 70.4. The monoisotopic (exact) mass is 2160 g/mol. The van der Waals surface area contributed by atoms with E-state index in [2.05, 4.69) is 257 Å². The van der Waals surface area contributed by atoms with Gasteiger partial charge in [0, 0.05) is 13.1 Å². The topological polar surface area (TPSA) is 304 Å². The van der Waals surface area contributed by atoms with Crippen LogP contribution in [0.15, 0.2) is 296 Å². The summed E-state index contributed by atoms with van der Waals surface area (Å²) in [6.45, 7) is 26.2. The number of halogens is 3. The first-order valence-electron chi connectivity index (χ1n) is 50.4. The van der Waals surface area contributed by atoms with Gasteiger partial charge >= 0.3 is 30.3 Å². The van der Waals surface area contributed by atoms with Gasteiger partial charge in [0.15, 0.2) is 5.92 Å². The number of carbonyl (C=O) groups is 5. The Kier molecular flexibility index (Phi) is 38.5. The number of para-hydroxylation sites is 8. The van der Waals surface area contributed by atoms with Crippen LogP contribution in [-0.2, 0) is 83.3 Å². The molecule has 0 radical (unpaired) electrons. The summed E-state index contributed by atoms with van der Waals surface area (Å²) >= 11 is 0. The Hall–Kier alpha value is -14.2. The van der Waals surface area contributed by atoms with E-state index < -0.39 is 23.9 Å². The van der Waals surface area contributed by atoms with Crippen molar-refractivity contribution in [2.75, 3.05) is 66.8 Å². The minimum atomic E-state index is -0.774. The van der Waals surface area contributed by atoms with E-state index in [0.29, 0.717) is 73.7 Å². The number of aromatic nitrogens is 8. The Labute approximate surface area is 897 Å². The molecule has 1 unspecified atom stereocenters. The van der Waals surface area contributed by atoms with E-state index >= 15 is 0 Å². The zero-order chi connectivity index (χ0) is 103. The van der Waals surface area contributed by atoms with Crippen LogP contribution in [-0.4, -0.2) is 149 Å². The van der Waals surface area contributed by atoms with Gasteiger partial charge in [-0.1, -0.05) is 287 Å². The molecule has 3 fully saturated rings. The molecule has 5 atom stereocenters. The van der Waals surface area contributed by atoms with Crippen LogP contribution in [0, 0.1) is 89.4 Å². The van der Waals surface area contributed by atoms with Gasteiger partial charge in [0.1, 0.15) is 25.4 Å². The lowest BCUT2D eigenvalue weighted by atomic mass is 10.0. The zero-order valence-corrected chi connectivity index (χ0v) is 91.2. The Balaban J connectivity index is 0.000000165. The number of benzene rings is 12. The molecule has 1 saturated carbocycles. The summed E-state index contributed by atoms with van der Waals surface area (Å²) in [5, 5.41) is 40.2. The van der Waals surface area contributed by atoms with E-state index in [1.54, 1.807) is 0 Å². The molecule has 19 rings (SSSR count). The number of aliphatic hydroxyl groups excluding tert-OH is 1. The second-order valence-corrected chi connectivity index (χ2v) is 40.2. The maximum Gasteiger partial charge on any atom is 0.508 e. The van der Waals surface area contributed by atoms with Gasteiger partial charge in [0.25, 0.3) is 0 Å². The average Bonchev–Trinajstić information content (AvgIpc) is 1.56. The summed E-state index contributed by atoms with van der Waals surface area (Å²) < 4.78 is 48.5. The summed E-state index contributed by atoms with van der Waals surface area (Å²) in [4.78, 5) is 68.2. The third-order valence-electron chi connectivity index (χ3n) is 27.6. The fourth-order valence-corrected chi connectivity index (χ4v) is 19.2. The molecule has 2 amide bonds. The largest absolute Gasteiger partial charge is 1.00 e. The minimum absolute atomic E-state index is 0. The fraction of sp³-hybridized carbons (Fsp3) is 0.325. The van der Waals surface area contributed by atoms with Gasteiger partial charge in [-0.05, 0) is 214 Å². The highest BCUT2D eigenvalue weighted by atomic mass is 79.9. The Morgan fingerprint density at radius 3 is 1.02 bits per heavy atom.